The molecule has 1 aliphatic rings. The van der Waals surface area contributed by atoms with Crippen LogP contribution in [0.15, 0.2) is 39.9 Å². The maximum absolute atomic E-state index is 12.8. The maximum Gasteiger partial charge on any atom is 0.252 e. The minimum Gasteiger partial charge on any atom is -0.349 e. The van der Waals surface area contributed by atoms with E-state index in [0.717, 1.165) is 16.7 Å². The van der Waals surface area contributed by atoms with Gasteiger partial charge in [0, 0.05) is 13.1 Å². The molecule has 0 radical (unpaired) electrons. The van der Waals surface area contributed by atoms with Crippen LogP contribution in [0.25, 0.3) is 0 Å². The lowest BCUT2D eigenvalue weighted by Gasteiger charge is -2.31. The zero-order chi connectivity index (χ0) is 19.6. The molecule has 0 spiro atoms. The predicted molar refractivity (Wildman–Crippen MR) is 108 cm³/mol. The Morgan fingerprint density at radius 2 is 2.07 bits per heavy atom. The van der Waals surface area contributed by atoms with Crippen LogP contribution in [0.3, 0.4) is 0 Å². The smallest absolute Gasteiger partial charge is 0.252 e. The van der Waals surface area contributed by atoms with Crippen LogP contribution in [0.2, 0.25) is 0 Å². The van der Waals surface area contributed by atoms with Crippen LogP contribution in [0.5, 0.6) is 0 Å². The fourth-order valence-corrected chi connectivity index (χ4v) is 6.22. The van der Waals surface area contributed by atoms with Crippen molar-refractivity contribution in [1.29, 1.82) is 0 Å². The summed E-state index contributed by atoms with van der Waals surface area (Å²) in [5.74, 6) is -0.393. The highest BCUT2D eigenvalue weighted by Crippen LogP contribution is 2.27. The number of nitrogens with zero attached hydrogens (tertiary/aromatic N) is 1. The number of rotatable bonds is 5. The number of hydrogen-bond acceptors (Lipinski definition) is 4. The average Bonchev–Trinajstić information content (AvgIpc) is 3.19. The normalized spacial score (nSPS) is 19.6. The number of carbonyl (C=O) groups excluding carboxylic acids is 1. The second kappa shape index (κ2) is 8.12. The topological polar surface area (TPSA) is 66.5 Å². The predicted octanol–water partition coefficient (Wildman–Crippen LogP) is 3.64. The van der Waals surface area contributed by atoms with Crippen molar-refractivity contribution in [1.82, 2.24) is 9.62 Å². The third-order valence-electron chi connectivity index (χ3n) is 5.10. The molecular weight excluding hydrogens is 380 g/mol. The number of carbonyl (C=O) groups is 1. The van der Waals surface area contributed by atoms with Crippen molar-refractivity contribution in [3.63, 3.8) is 0 Å². The summed E-state index contributed by atoms with van der Waals surface area (Å²) in [6.45, 7) is 6.75. The molecule has 3 rings (SSSR count). The van der Waals surface area contributed by atoms with Crippen molar-refractivity contribution in [2.75, 3.05) is 13.1 Å². The van der Waals surface area contributed by atoms with Crippen LogP contribution in [0.1, 0.15) is 42.5 Å². The minimum atomic E-state index is -3.51. The number of thiophene rings is 1. The molecule has 1 fully saturated rings. The fourth-order valence-electron chi connectivity index (χ4n) is 3.55. The molecular formula is C20H26N2O3S2. The van der Waals surface area contributed by atoms with Gasteiger partial charge in [0.25, 0.3) is 10.0 Å². The van der Waals surface area contributed by atoms with Crippen molar-refractivity contribution in [3.05, 3.63) is 52.4 Å². The second-order valence-corrected chi connectivity index (χ2v) is 10.3. The van der Waals surface area contributed by atoms with Gasteiger partial charge in [0.15, 0.2) is 0 Å². The summed E-state index contributed by atoms with van der Waals surface area (Å²) in [7, 11) is -3.51. The fraction of sp³-hybridized carbons (Fsp3) is 0.450. The Morgan fingerprint density at radius 1 is 1.30 bits per heavy atom. The first kappa shape index (κ1) is 20.0. The van der Waals surface area contributed by atoms with E-state index in [4.69, 9.17) is 0 Å². The summed E-state index contributed by atoms with van der Waals surface area (Å²) in [5, 5.41) is 4.84. The highest BCUT2D eigenvalue weighted by atomic mass is 32.2. The van der Waals surface area contributed by atoms with E-state index < -0.39 is 10.0 Å². The first-order chi connectivity index (χ1) is 12.8. The van der Waals surface area contributed by atoms with Crippen molar-refractivity contribution >= 4 is 27.3 Å². The van der Waals surface area contributed by atoms with Crippen molar-refractivity contribution in [2.45, 2.75) is 43.9 Å². The van der Waals surface area contributed by atoms with E-state index in [0.29, 0.717) is 23.6 Å². The van der Waals surface area contributed by atoms with Gasteiger partial charge in [-0.1, -0.05) is 29.8 Å². The Labute approximate surface area is 165 Å². The third kappa shape index (κ3) is 4.42. The SMILES string of the molecule is Cc1ccc(C)c(C(C)NC(=O)C2CCCN(S(=O)(=O)c3cccs3)C2)c1. The molecule has 1 amide bonds. The first-order valence-corrected chi connectivity index (χ1v) is 11.5. The maximum atomic E-state index is 12.8. The summed E-state index contributed by atoms with van der Waals surface area (Å²) in [6.07, 6.45) is 1.41. The molecule has 5 nitrogen and oxygen atoms in total. The summed E-state index contributed by atoms with van der Waals surface area (Å²) in [5.41, 5.74) is 3.39. The summed E-state index contributed by atoms with van der Waals surface area (Å²) in [4.78, 5) is 12.8. The molecule has 2 unspecified atom stereocenters. The molecule has 1 aliphatic heterocycles. The molecule has 146 valence electrons. The van der Waals surface area contributed by atoms with E-state index >= 15 is 0 Å². The van der Waals surface area contributed by atoms with E-state index in [-0.39, 0.29) is 24.4 Å². The lowest BCUT2D eigenvalue weighted by Crippen LogP contribution is -2.45. The minimum absolute atomic E-state index is 0.0746. The van der Waals surface area contributed by atoms with Gasteiger partial charge in [0.05, 0.1) is 12.0 Å². The van der Waals surface area contributed by atoms with Gasteiger partial charge in [-0.25, -0.2) is 8.42 Å². The molecule has 2 heterocycles. The second-order valence-electron chi connectivity index (χ2n) is 7.22. The zero-order valence-electron chi connectivity index (χ0n) is 15.9. The third-order valence-corrected chi connectivity index (χ3v) is 8.34. The molecule has 1 aromatic carbocycles. The largest absolute Gasteiger partial charge is 0.349 e. The number of amides is 1. The molecule has 27 heavy (non-hydrogen) atoms. The van der Waals surface area contributed by atoms with E-state index in [1.807, 2.05) is 20.8 Å². The van der Waals surface area contributed by atoms with Crippen LogP contribution in [0.4, 0.5) is 0 Å². The van der Waals surface area contributed by atoms with Crippen LogP contribution < -0.4 is 5.32 Å². The Kier molecular flexibility index (Phi) is 6.03. The number of benzene rings is 1. The van der Waals surface area contributed by atoms with Gasteiger partial charge in [-0.05, 0) is 56.2 Å². The Bertz CT molecular complexity index is 907. The lowest BCUT2D eigenvalue weighted by atomic mass is 9.96. The van der Waals surface area contributed by atoms with Crippen molar-refractivity contribution in [3.8, 4) is 0 Å². The number of nitrogens with one attached hydrogen (secondary N) is 1. The standard InChI is InChI=1S/C20H26N2O3S2/c1-14-8-9-15(2)18(12-14)16(3)21-20(23)17-6-4-10-22(13-17)27(24,25)19-7-5-11-26-19/h5,7-9,11-12,16-17H,4,6,10,13H2,1-3H3,(H,21,23). The van der Waals surface area contributed by atoms with Crippen LogP contribution >= 0.6 is 11.3 Å². The summed E-state index contributed by atoms with van der Waals surface area (Å²) in [6, 6.07) is 9.45. The van der Waals surface area contributed by atoms with Gasteiger partial charge in [0.1, 0.15) is 4.21 Å². The van der Waals surface area contributed by atoms with Crippen LogP contribution in [-0.4, -0.2) is 31.7 Å². The highest BCUT2D eigenvalue weighted by molar-refractivity contribution is 7.91. The van der Waals surface area contributed by atoms with E-state index in [1.165, 1.54) is 15.6 Å². The lowest BCUT2D eigenvalue weighted by molar-refractivity contribution is -0.126. The Hall–Kier alpha value is -1.70. The molecule has 2 atom stereocenters. The van der Waals surface area contributed by atoms with Crippen molar-refractivity contribution < 1.29 is 13.2 Å². The van der Waals surface area contributed by atoms with Crippen molar-refractivity contribution in [2.24, 2.45) is 5.92 Å². The first-order valence-electron chi connectivity index (χ1n) is 9.20. The quantitative estimate of drug-likeness (QED) is 0.824. The molecule has 0 bridgehead atoms. The van der Waals surface area contributed by atoms with Gasteiger partial charge in [0.2, 0.25) is 5.91 Å². The summed E-state index contributed by atoms with van der Waals surface area (Å²) >= 11 is 1.21. The molecule has 1 aromatic heterocycles. The van der Waals surface area contributed by atoms with E-state index in [9.17, 15) is 13.2 Å². The highest BCUT2D eigenvalue weighted by Gasteiger charge is 2.34. The van der Waals surface area contributed by atoms with Crippen LogP contribution in [-0.2, 0) is 14.8 Å². The number of hydrogen-bond donors (Lipinski definition) is 1. The molecule has 1 N–H and O–H groups in total. The molecule has 7 heteroatoms. The van der Waals surface area contributed by atoms with Gasteiger partial charge >= 0.3 is 0 Å². The number of aryl methyl sites for hydroxylation is 2. The Balaban J connectivity index is 1.69. The molecule has 0 saturated carbocycles. The van der Waals surface area contributed by atoms with Crippen LogP contribution in [0, 0.1) is 19.8 Å². The van der Waals surface area contributed by atoms with Gasteiger partial charge in [-0.3, -0.25) is 4.79 Å². The van der Waals surface area contributed by atoms with E-state index in [2.05, 4.69) is 23.5 Å². The van der Waals surface area contributed by atoms with Gasteiger partial charge < -0.3 is 5.32 Å². The summed E-state index contributed by atoms with van der Waals surface area (Å²) < 4.78 is 27.3. The molecule has 1 saturated heterocycles. The molecule has 2 aromatic rings. The van der Waals surface area contributed by atoms with Gasteiger partial charge in [-0.15, -0.1) is 11.3 Å². The zero-order valence-corrected chi connectivity index (χ0v) is 17.6. The van der Waals surface area contributed by atoms with E-state index in [1.54, 1.807) is 17.5 Å². The number of sulfonamides is 1. The monoisotopic (exact) mass is 406 g/mol. The van der Waals surface area contributed by atoms with Gasteiger partial charge in [-0.2, -0.15) is 4.31 Å². The number of piperidine rings is 1. The Morgan fingerprint density at radius 3 is 2.78 bits per heavy atom. The molecule has 0 aliphatic carbocycles. The average molecular weight is 407 g/mol.